The number of hydrogen-bond acceptors (Lipinski definition) is 5. The van der Waals surface area contributed by atoms with Gasteiger partial charge in [0.25, 0.3) is 11.7 Å². The molecule has 0 aliphatic carbocycles. The number of aliphatic hydroxyl groups is 1. The molecule has 1 amide bonds. The van der Waals surface area contributed by atoms with Gasteiger partial charge in [-0.3, -0.25) is 9.59 Å². The Morgan fingerprint density at radius 3 is 2.51 bits per heavy atom. The maximum Gasteiger partial charge on any atom is 0.295 e. The lowest BCUT2D eigenvalue weighted by Gasteiger charge is -2.25. The molecule has 1 saturated heterocycles. The number of carbonyl (C=O) groups is 2. The Bertz CT molecular complexity index is 1300. The Morgan fingerprint density at radius 1 is 1.06 bits per heavy atom. The zero-order valence-electron chi connectivity index (χ0n) is 19.7. The lowest BCUT2D eigenvalue weighted by atomic mass is 9.94. The Labute approximate surface area is 204 Å². The molecule has 0 saturated carbocycles. The fraction of sp³-hybridized carbons (Fsp3) is 0.241. The normalized spacial score (nSPS) is 20.6. The fourth-order valence-electron chi connectivity index (χ4n) is 4.81. The van der Waals surface area contributed by atoms with E-state index in [9.17, 15) is 14.7 Å². The van der Waals surface area contributed by atoms with Crippen LogP contribution in [-0.4, -0.2) is 34.4 Å². The monoisotopic (exact) mass is 469 g/mol. The lowest BCUT2D eigenvalue weighted by molar-refractivity contribution is -0.140. The molecule has 0 unspecified atom stereocenters. The Hall–Kier alpha value is -4.06. The van der Waals surface area contributed by atoms with Crippen molar-refractivity contribution in [1.29, 1.82) is 0 Å². The molecule has 5 rings (SSSR count). The fourth-order valence-corrected chi connectivity index (χ4v) is 4.81. The molecule has 2 aliphatic heterocycles. The molecule has 6 heteroatoms. The van der Waals surface area contributed by atoms with Gasteiger partial charge in [-0.05, 0) is 60.9 Å². The number of amides is 1. The van der Waals surface area contributed by atoms with Crippen LogP contribution in [0.3, 0.4) is 0 Å². The van der Waals surface area contributed by atoms with E-state index >= 15 is 0 Å². The van der Waals surface area contributed by atoms with E-state index < -0.39 is 17.7 Å². The minimum Gasteiger partial charge on any atom is -0.507 e. The molecule has 2 aliphatic rings. The summed E-state index contributed by atoms with van der Waals surface area (Å²) in [5.41, 5.74) is 3.17. The van der Waals surface area contributed by atoms with Gasteiger partial charge in [-0.1, -0.05) is 42.5 Å². The van der Waals surface area contributed by atoms with Crippen molar-refractivity contribution >= 4 is 17.4 Å². The van der Waals surface area contributed by atoms with Crippen molar-refractivity contribution in [2.75, 3.05) is 6.61 Å². The molecule has 0 spiro atoms. The van der Waals surface area contributed by atoms with Crippen LogP contribution in [0.5, 0.6) is 11.5 Å². The first-order valence-electron chi connectivity index (χ1n) is 11.8. The van der Waals surface area contributed by atoms with Gasteiger partial charge in [0, 0.05) is 18.5 Å². The number of carbonyl (C=O) groups excluding carboxylic acids is 2. The van der Waals surface area contributed by atoms with Crippen LogP contribution in [0.4, 0.5) is 0 Å². The Kier molecular flexibility index (Phi) is 6.03. The number of Topliss-reactive ketones (excluding diaryl/α,β-unsaturated/α-hetero) is 1. The number of likely N-dealkylation sites (tertiary alicyclic amines) is 1. The predicted molar refractivity (Wildman–Crippen MR) is 132 cm³/mol. The van der Waals surface area contributed by atoms with Crippen LogP contribution in [0.25, 0.3) is 5.76 Å². The highest BCUT2D eigenvalue weighted by Gasteiger charge is 2.46. The van der Waals surface area contributed by atoms with Crippen LogP contribution < -0.4 is 9.47 Å². The van der Waals surface area contributed by atoms with Crippen LogP contribution in [0.15, 0.2) is 78.4 Å². The molecular formula is C29H27NO5. The van der Waals surface area contributed by atoms with Crippen molar-refractivity contribution < 1.29 is 24.2 Å². The topological polar surface area (TPSA) is 76.1 Å². The average molecular weight is 470 g/mol. The third kappa shape index (κ3) is 4.28. The van der Waals surface area contributed by atoms with Crippen LogP contribution in [-0.2, 0) is 22.6 Å². The SMILES string of the molecule is CCOc1ccc([C@@H]2C(=C(O)c3ccc4c(c3)C[C@@H](C)O4)C(=O)C(=O)N2Cc2ccccc2)cc1. The summed E-state index contributed by atoms with van der Waals surface area (Å²) < 4.78 is 11.3. The molecule has 3 aromatic rings. The maximum atomic E-state index is 13.3. The molecule has 1 fully saturated rings. The third-order valence-electron chi connectivity index (χ3n) is 6.41. The van der Waals surface area contributed by atoms with E-state index in [1.165, 1.54) is 4.90 Å². The van der Waals surface area contributed by atoms with E-state index in [1.807, 2.05) is 74.5 Å². The van der Waals surface area contributed by atoms with Crippen LogP contribution >= 0.6 is 0 Å². The second-order valence-electron chi connectivity index (χ2n) is 8.87. The van der Waals surface area contributed by atoms with E-state index in [4.69, 9.17) is 9.47 Å². The molecule has 2 atom stereocenters. The summed E-state index contributed by atoms with van der Waals surface area (Å²) in [6, 6.07) is 21.5. The maximum absolute atomic E-state index is 13.3. The second-order valence-corrected chi connectivity index (χ2v) is 8.87. The number of rotatable bonds is 6. The van der Waals surface area contributed by atoms with Gasteiger partial charge in [0.2, 0.25) is 0 Å². The van der Waals surface area contributed by atoms with Gasteiger partial charge in [-0.15, -0.1) is 0 Å². The number of fused-ring (bicyclic) bond motifs is 1. The zero-order valence-corrected chi connectivity index (χ0v) is 19.7. The average Bonchev–Trinajstić information content (AvgIpc) is 3.36. The van der Waals surface area contributed by atoms with Crippen molar-refractivity contribution in [3.05, 3.63) is 101 Å². The van der Waals surface area contributed by atoms with Crippen molar-refractivity contribution in [2.45, 2.75) is 39.0 Å². The highest BCUT2D eigenvalue weighted by atomic mass is 16.5. The van der Waals surface area contributed by atoms with E-state index in [2.05, 4.69) is 0 Å². The van der Waals surface area contributed by atoms with Gasteiger partial charge in [-0.2, -0.15) is 0 Å². The number of hydrogen-bond donors (Lipinski definition) is 1. The van der Waals surface area contributed by atoms with Crippen LogP contribution in [0, 0.1) is 0 Å². The largest absolute Gasteiger partial charge is 0.507 e. The van der Waals surface area contributed by atoms with Gasteiger partial charge in [0.1, 0.15) is 23.4 Å². The molecule has 0 bridgehead atoms. The first-order valence-corrected chi connectivity index (χ1v) is 11.8. The molecule has 2 heterocycles. The van der Waals surface area contributed by atoms with Crippen molar-refractivity contribution in [3.63, 3.8) is 0 Å². The van der Waals surface area contributed by atoms with Crippen LogP contribution in [0.2, 0.25) is 0 Å². The molecule has 0 aromatic heterocycles. The molecule has 6 nitrogen and oxygen atoms in total. The lowest BCUT2D eigenvalue weighted by Crippen LogP contribution is -2.29. The summed E-state index contributed by atoms with van der Waals surface area (Å²) in [4.78, 5) is 28.1. The summed E-state index contributed by atoms with van der Waals surface area (Å²) >= 11 is 0. The Morgan fingerprint density at radius 2 is 1.80 bits per heavy atom. The minimum absolute atomic E-state index is 0.0581. The van der Waals surface area contributed by atoms with Crippen LogP contribution in [0.1, 0.15) is 42.1 Å². The van der Waals surface area contributed by atoms with Gasteiger partial charge >= 0.3 is 0 Å². The molecule has 178 valence electrons. The Balaban J connectivity index is 1.60. The van der Waals surface area contributed by atoms with E-state index in [-0.39, 0.29) is 24.0 Å². The predicted octanol–water partition coefficient (Wildman–Crippen LogP) is 5.03. The number of ketones is 1. The quantitative estimate of drug-likeness (QED) is 0.311. The van der Waals surface area contributed by atoms with Crippen molar-refractivity contribution in [2.24, 2.45) is 0 Å². The van der Waals surface area contributed by atoms with Gasteiger partial charge in [0.15, 0.2) is 0 Å². The second kappa shape index (κ2) is 9.29. The molecule has 35 heavy (non-hydrogen) atoms. The minimum atomic E-state index is -0.727. The standard InChI is InChI=1S/C29H27NO5/c1-3-34-23-12-9-20(10-13-23)26-25(27(31)21-11-14-24-22(16-21)15-18(2)35-24)28(32)29(33)30(26)17-19-7-5-4-6-8-19/h4-14,16,18,26,31H,3,15,17H2,1-2H3/t18-,26-/m1/s1. The summed E-state index contributed by atoms with van der Waals surface area (Å²) in [5, 5.41) is 11.4. The first-order chi connectivity index (χ1) is 17.0. The highest BCUT2D eigenvalue weighted by molar-refractivity contribution is 6.46. The zero-order chi connectivity index (χ0) is 24.5. The summed E-state index contributed by atoms with van der Waals surface area (Å²) in [6.07, 6.45) is 0.781. The smallest absolute Gasteiger partial charge is 0.295 e. The van der Waals surface area contributed by atoms with Gasteiger partial charge < -0.3 is 19.5 Å². The van der Waals surface area contributed by atoms with Gasteiger partial charge in [-0.25, -0.2) is 0 Å². The van der Waals surface area contributed by atoms with E-state index in [1.54, 1.807) is 12.1 Å². The highest BCUT2D eigenvalue weighted by Crippen LogP contribution is 2.41. The van der Waals surface area contributed by atoms with Crippen molar-refractivity contribution in [3.8, 4) is 11.5 Å². The molecule has 0 radical (unpaired) electrons. The van der Waals surface area contributed by atoms with E-state index in [0.29, 0.717) is 17.9 Å². The number of benzene rings is 3. The number of aliphatic hydroxyl groups excluding tert-OH is 1. The van der Waals surface area contributed by atoms with E-state index in [0.717, 1.165) is 28.9 Å². The van der Waals surface area contributed by atoms with Crippen molar-refractivity contribution in [1.82, 2.24) is 4.90 Å². The molecular weight excluding hydrogens is 442 g/mol. The molecule has 1 N–H and O–H groups in total. The summed E-state index contributed by atoms with van der Waals surface area (Å²) in [7, 11) is 0. The third-order valence-corrected chi connectivity index (χ3v) is 6.41. The molecule has 3 aromatic carbocycles. The van der Waals surface area contributed by atoms with Gasteiger partial charge in [0.05, 0.1) is 18.2 Å². The summed E-state index contributed by atoms with van der Waals surface area (Å²) in [6.45, 7) is 4.67. The number of ether oxygens (including phenoxy) is 2. The summed E-state index contributed by atoms with van der Waals surface area (Å²) in [5.74, 6) is -0.0272. The first kappa shape index (κ1) is 22.7. The number of nitrogens with zero attached hydrogens (tertiary/aromatic N) is 1.